The third-order valence-corrected chi connectivity index (χ3v) is 3.57. The highest BCUT2D eigenvalue weighted by atomic mass is 16.1. The Hall–Kier alpha value is -2.88. The van der Waals surface area contributed by atoms with E-state index < -0.39 is 0 Å². The molecule has 4 nitrogen and oxygen atoms in total. The van der Waals surface area contributed by atoms with Gasteiger partial charge in [0.25, 0.3) is 5.56 Å². The number of aromatic nitrogens is 2. The van der Waals surface area contributed by atoms with Crippen molar-refractivity contribution in [3.05, 3.63) is 58.9 Å². The van der Waals surface area contributed by atoms with E-state index >= 15 is 0 Å². The molecule has 0 aliphatic rings. The zero-order chi connectivity index (χ0) is 13.7. The van der Waals surface area contributed by atoms with Crippen LogP contribution in [0.15, 0.2) is 53.3 Å². The van der Waals surface area contributed by atoms with Gasteiger partial charge in [-0.15, -0.1) is 0 Å². The molecule has 20 heavy (non-hydrogen) atoms. The van der Waals surface area contributed by atoms with Crippen molar-refractivity contribution in [2.75, 3.05) is 5.73 Å². The Labute approximate surface area is 113 Å². The third-order valence-electron chi connectivity index (χ3n) is 3.57. The van der Waals surface area contributed by atoms with Crippen molar-refractivity contribution in [1.82, 2.24) is 9.97 Å². The lowest BCUT2D eigenvalue weighted by Gasteiger charge is -2.05. The van der Waals surface area contributed by atoms with Gasteiger partial charge >= 0.3 is 0 Å². The Bertz CT molecular complexity index is 1030. The molecule has 0 radical (unpaired) electrons. The largest absolute Gasteiger partial charge is 0.369 e. The predicted molar refractivity (Wildman–Crippen MR) is 81.8 cm³/mol. The lowest BCUT2D eigenvalue weighted by molar-refractivity contribution is 1.19. The summed E-state index contributed by atoms with van der Waals surface area (Å²) in [5, 5.41) is 4.76. The zero-order valence-corrected chi connectivity index (χ0v) is 10.6. The number of fused-ring (bicyclic) bond motifs is 4. The number of nitrogens with zero attached hydrogens (tertiary/aromatic N) is 1. The highest BCUT2D eigenvalue weighted by Crippen LogP contribution is 2.27. The van der Waals surface area contributed by atoms with E-state index in [1.54, 1.807) is 0 Å². The maximum atomic E-state index is 12.2. The summed E-state index contributed by atoms with van der Waals surface area (Å²) < 4.78 is 0. The molecule has 3 aromatic carbocycles. The number of benzene rings is 3. The van der Waals surface area contributed by atoms with Gasteiger partial charge < -0.3 is 5.73 Å². The Morgan fingerprint density at radius 3 is 2.50 bits per heavy atom. The van der Waals surface area contributed by atoms with Crippen LogP contribution in [0, 0.1) is 0 Å². The van der Waals surface area contributed by atoms with Gasteiger partial charge in [0, 0.05) is 0 Å². The number of nitrogen functional groups attached to an aromatic ring is 1. The molecule has 0 atom stereocenters. The van der Waals surface area contributed by atoms with Crippen molar-refractivity contribution >= 4 is 38.4 Å². The lowest BCUT2D eigenvalue weighted by Crippen LogP contribution is -2.11. The highest BCUT2D eigenvalue weighted by Gasteiger charge is 2.07. The van der Waals surface area contributed by atoms with Crippen LogP contribution in [0.2, 0.25) is 0 Å². The van der Waals surface area contributed by atoms with E-state index in [4.69, 9.17) is 5.73 Å². The molecule has 0 bridgehead atoms. The molecule has 0 aliphatic carbocycles. The minimum absolute atomic E-state index is 0.141. The van der Waals surface area contributed by atoms with Crippen molar-refractivity contribution in [2.45, 2.75) is 0 Å². The van der Waals surface area contributed by atoms with Gasteiger partial charge in [0.05, 0.1) is 10.9 Å². The first-order valence-corrected chi connectivity index (χ1v) is 6.33. The van der Waals surface area contributed by atoms with Crippen LogP contribution in [0.25, 0.3) is 32.4 Å². The average Bonchev–Trinajstić information content (AvgIpc) is 2.44. The molecule has 4 heteroatoms. The number of hydrogen-bond donors (Lipinski definition) is 2. The number of anilines is 1. The summed E-state index contributed by atoms with van der Waals surface area (Å²) in [7, 11) is 0. The molecule has 0 aliphatic heterocycles. The Kier molecular flexibility index (Phi) is 2.09. The molecule has 96 valence electrons. The first-order chi connectivity index (χ1) is 9.72. The number of rotatable bonds is 0. The first kappa shape index (κ1) is 11.0. The van der Waals surface area contributed by atoms with Gasteiger partial charge in [0.2, 0.25) is 5.95 Å². The monoisotopic (exact) mass is 261 g/mol. The van der Waals surface area contributed by atoms with E-state index in [-0.39, 0.29) is 11.5 Å². The molecule has 4 aromatic rings. The van der Waals surface area contributed by atoms with Crippen molar-refractivity contribution in [3.63, 3.8) is 0 Å². The van der Waals surface area contributed by atoms with Crippen LogP contribution in [0.1, 0.15) is 0 Å². The standard InChI is InChI=1S/C16H11N3O/c17-16-18-13-6-5-11-7-9-3-1-2-4-10(9)8-12(11)14(13)15(20)19-16/h1-8H,(H3,17,18,19,20). The second kappa shape index (κ2) is 3.81. The fourth-order valence-electron chi connectivity index (χ4n) is 2.67. The zero-order valence-electron chi connectivity index (χ0n) is 10.6. The molecule has 0 amide bonds. The van der Waals surface area contributed by atoms with E-state index in [1.807, 2.05) is 36.4 Å². The van der Waals surface area contributed by atoms with Gasteiger partial charge in [-0.25, -0.2) is 4.98 Å². The molecular weight excluding hydrogens is 250 g/mol. The maximum absolute atomic E-state index is 12.2. The molecule has 0 saturated carbocycles. The Morgan fingerprint density at radius 2 is 1.70 bits per heavy atom. The lowest BCUT2D eigenvalue weighted by atomic mass is 10.0. The van der Waals surface area contributed by atoms with Crippen molar-refractivity contribution in [1.29, 1.82) is 0 Å². The maximum Gasteiger partial charge on any atom is 0.260 e. The number of hydrogen-bond acceptors (Lipinski definition) is 3. The highest BCUT2D eigenvalue weighted by molar-refractivity contribution is 6.10. The summed E-state index contributed by atoms with van der Waals surface area (Å²) in [4.78, 5) is 18.9. The van der Waals surface area contributed by atoms with Crippen molar-refractivity contribution in [3.8, 4) is 0 Å². The van der Waals surface area contributed by atoms with Crippen LogP contribution < -0.4 is 11.3 Å². The number of H-pyrrole nitrogens is 1. The minimum atomic E-state index is -0.201. The van der Waals surface area contributed by atoms with Gasteiger partial charge in [-0.05, 0) is 39.7 Å². The molecule has 1 heterocycles. The summed E-state index contributed by atoms with van der Waals surface area (Å²) in [6.45, 7) is 0. The van der Waals surface area contributed by atoms with Crippen molar-refractivity contribution in [2.24, 2.45) is 0 Å². The molecule has 0 fully saturated rings. The summed E-state index contributed by atoms with van der Waals surface area (Å²) in [6.07, 6.45) is 0. The first-order valence-electron chi connectivity index (χ1n) is 6.33. The fourth-order valence-corrected chi connectivity index (χ4v) is 2.67. The second-order valence-corrected chi connectivity index (χ2v) is 4.83. The van der Waals surface area contributed by atoms with Crippen LogP contribution in [0.3, 0.4) is 0 Å². The number of nitrogens with two attached hydrogens (primary N) is 1. The summed E-state index contributed by atoms with van der Waals surface area (Å²) >= 11 is 0. The van der Waals surface area contributed by atoms with Crippen LogP contribution in [0.4, 0.5) is 5.95 Å². The SMILES string of the molecule is Nc1nc2ccc3cc4ccccc4cc3c2c(=O)[nH]1. The molecule has 1 aromatic heterocycles. The van der Waals surface area contributed by atoms with Crippen LogP contribution in [-0.4, -0.2) is 9.97 Å². The van der Waals surface area contributed by atoms with Crippen LogP contribution in [0.5, 0.6) is 0 Å². The Morgan fingerprint density at radius 1 is 0.950 bits per heavy atom. The van der Waals surface area contributed by atoms with Gasteiger partial charge in [0.1, 0.15) is 0 Å². The van der Waals surface area contributed by atoms with E-state index in [0.717, 1.165) is 21.5 Å². The van der Waals surface area contributed by atoms with E-state index in [2.05, 4.69) is 22.1 Å². The van der Waals surface area contributed by atoms with Crippen LogP contribution in [-0.2, 0) is 0 Å². The normalized spacial score (nSPS) is 11.4. The van der Waals surface area contributed by atoms with Gasteiger partial charge in [-0.1, -0.05) is 30.3 Å². The second-order valence-electron chi connectivity index (χ2n) is 4.83. The molecule has 3 N–H and O–H groups in total. The molecule has 0 spiro atoms. The van der Waals surface area contributed by atoms with E-state index in [0.29, 0.717) is 10.9 Å². The third kappa shape index (κ3) is 1.48. The average molecular weight is 261 g/mol. The fraction of sp³-hybridized carbons (Fsp3) is 0. The van der Waals surface area contributed by atoms with Crippen molar-refractivity contribution < 1.29 is 0 Å². The summed E-state index contributed by atoms with van der Waals surface area (Å²) in [5.74, 6) is 0.141. The van der Waals surface area contributed by atoms with Gasteiger partial charge in [-0.3, -0.25) is 9.78 Å². The number of aromatic amines is 1. The quantitative estimate of drug-likeness (QED) is 0.377. The van der Waals surface area contributed by atoms with E-state index in [1.165, 1.54) is 0 Å². The smallest absolute Gasteiger partial charge is 0.260 e. The Balaban J connectivity index is 2.29. The van der Waals surface area contributed by atoms with Gasteiger partial charge in [-0.2, -0.15) is 0 Å². The predicted octanol–water partition coefficient (Wildman–Crippen LogP) is 2.81. The summed E-state index contributed by atoms with van der Waals surface area (Å²) in [5.41, 5.74) is 6.01. The topological polar surface area (TPSA) is 71.8 Å². The van der Waals surface area contributed by atoms with Gasteiger partial charge in [0.15, 0.2) is 0 Å². The number of nitrogens with one attached hydrogen (secondary N) is 1. The molecule has 0 saturated heterocycles. The van der Waals surface area contributed by atoms with Crippen LogP contribution >= 0.6 is 0 Å². The summed E-state index contributed by atoms with van der Waals surface area (Å²) in [6, 6.07) is 16.0. The molecule has 0 unspecified atom stereocenters. The van der Waals surface area contributed by atoms with E-state index in [9.17, 15) is 4.79 Å². The minimum Gasteiger partial charge on any atom is -0.369 e. The molecular formula is C16H11N3O. The molecule has 4 rings (SSSR count).